The summed E-state index contributed by atoms with van der Waals surface area (Å²) in [5.74, 6) is 0. The van der Waals surface area contributed by atoms with Gasteiger partial charge in [0.15, 0.2) is 0 Å². The molecule has 4 nitrogen and oxygen atoms in total. The van der Waals surface area contributed by atoms with Gasteiger partial charge in [0.25, 0.3) is 8.53 Å². The molecule has 128 valence electrons. The van der Waals surface area contributed by atoms with E-state index in [1.807, 2.05) is 21.6 Å². The van der Waals surface area contributed by atoms with Crippen LogP contribution in [0.1, 0.15) is 54.9 Å². The monoisotopic (exact) mass is 364 g/mol. The summed E-state index contributed by atoms with van der Waals surface area (Å²) in [7, 11) is 2.62. The van der Waals surface area contributed by atoms with Gasteiger partial charge >= 0.3 is 0 Å². The van der Waals surface area contributed by atoms with Gasteiger partial charge in [-0.3, -0.25) is 0 Å². The van der Waals surface area contributed by atoms with Gasteiger partial charge in [-0.25, -0.2) is 4.67 Å². The number of nitrogens with zero attached hydrogens (tertiary/aromatic N) is 2. The summed E-state index contributed by atoms with van der Waals surface area (Å²) in [5.41, 5.74) is 0. The van der Waals surface area contributed by atoms with Gasteiger partial charge in [0.2, 0.25) is 0 Å². The van der Waals surface area contributed by atoms with E-state index in [-0.39, 0.29) is 10.9 Å². The van der Waals surface area contributed by atoms with Crippen molar-refractivity contribution >= 4 is 30.1 Å². The first-order valence-electron chi connectivity index (χ1n) is 7.80. The van der Waals surface area contributed by atoms with Crippen molar-refractivity contribution in [3.63, 3.8) is 0 Å². The van der Waals surface area contributed by atoms with Gasteiger partial charge in [0.05, 0.1) is 25.2 Å². The highest BCUT2D eigenvalue weighted by Gasteiger charge is 2.45. The molecule has 7 heteroatoms. The van der Waals surface area contributed by atoms with Crippen LogP contribution in [-0.2, 0) is 9.05 Å². The fraction of sp³-hybridized carbons (Fsp3) is 0.933. The fourth-order valence-electron chi connectivity index (χ4n) is 2.47. The van der Waals surface area contributed by atoms with Gasteiger partial charge in [-0.05, 0) is 48.5 Å². The zero-order valence-electron chi connectivity index (χ0n) is 14.7. The smallest absolute Gasteiger partial charge is 0.259 e. The van der Waals surface area contributed by atoms with Crippen LogP contribution in [0, 0.1) is 11.3 Å². The summed E-state index contributed by atoms with van der Waals surface area (Å²) in [6.07, 6.45) is 0.551. The Morgan fingerprint density at radius 2 is 1.86 bits per heavy atom. The van der Waals surface area contributed by atoms with E-state index in [0.29, 0.717) is 30.4 Å². The molecule has 0 spiro atoms. The number of nitriles is 1. The minimum atomic E-state index is -1.16. The third kappa shape index (κ3) is 5.54. The molecule has 0 amide bonds. The van der Waals surface area contributed by atoms with Gasteiger partial charge < -0.3 is 9.05 Å². The van der Waals surface area contributed by atoms with E-state index in [1.165, 1.54) is 0 Å². The molecule has 22 heavy (non-hydrogen) atoms. The van der Waals surface area contributed by atoms with Gasteiger partial charge in [-0.2, -0.15) is 5.26 Å². The molecule has 1 heterocycles. The molecule has 3 atom stereocenters. The third-order valence-electron chi connectivity index (χ3n) is 3.39. The van der Waals surface area contributed by atoms with Crippen molar-refractivity contribution in [1.29, 1.82) is 5.26 Å². The van der Waals surface area contributed by atoms with Gasteiger partial charge in [-0.1, -0.05) is 21.6 Å². The average molecular weight is 365 g/mol. The van der Waals surface area contributed by atoms with E-state index >= 15 is 0 Å². The lowest BCUT2D eigenvalue weighted by molar-refractivity contribution is 0.117. The molecule has 0 aromatic rings. The first kappa shape index (κ1) is 20.5. The van der Waals surface area contributed by atoms with Crippen molar-refractivity contribution in [3.05, 3.63) is 0 Å². The second kappa shape index (κ2) is 9.11. The quantitative estimate of drug-likeness (QED) is 0.335. The summed E-state index contributed by atoms with van der Waals surface area (Å²) >= 11 is 0. The maximum absolute atomic E-state index is 8.76. The second-order valence-electron chi connectivity index (χ2n) is 6.56. The highest BCUT2D eigenvalue weighted by atomic mass is 33.1. The lowest BCUT2D eigenvalue weighted by Gasteiger charge is -2.39. The summed E-state index contributed by atoms with van der Waals surface area (Å²) < 4.78 is 14.9. The minimum Gasteiger partial charge on any atom is -0.321 e. The normalized spacial score (nSPS) is 25.9. The van der Waals surface area contributed by atoms with E-state index < -0.39 is 8.53 Å². The molecule has 0 radical (unpaired) electrons. The molecule has 0 aromatic carbocycles. The van der Waals surface area contributed by atoms with E-state index in [9.17, 15) is 0 Å². The van der Waals surface area contributed by atoms with Crippen molar-refractivity contribution in [2.24, 2.45) is 0 Å². The summed E-state index contributed by atoms with van der Waals surface area (Å²) in [6, 6.07) is 2.82. The molecule has 0 bridgehead atoms. The van der Waals surface area contributed by atoms with Crippen LogP contribution in [0.25, 0.3) is 0 Å². The van der Waals surface area contributed by atoms with Crippen LogP contribution in [0.15, 0.2) is 0 Å². The Labute approximate surface area is 145 Å². The molecule has 1 fully saturated rings. The maximum Gasteiger partial charge on any atom is 0.259 e. The largest absolute Gasteiger partial charge is 0.321 e. The molecule has 1 aliphatic heterocycles. The number of hydrogen-bond donors (Lipinski definition) is 0. The van der Waals surface area contributed by atoms with Crippen LogP contribution in [0.2, 0.25) is 0 Å². The molecule has 0 N–H and O–H groups in total. The van der Waals surface area contributed by atoms with E-state index in [4.69, 9.17) is 14.3 Å². The third-order valence-corrected chi connectivity index (χ3v) is 9.30. The Bertz CT molecular complexity index is 380. The SMILES string of the molecule is CC(C)N(C(C)C)P(OCCC#N)O[C@H]1[C@H](C)SSC1(C)C. The molecule has 0 aromatic heterocycles. The molecular weight excluding hydrogens is 335 g/mol. The fourth-order valence-corrected chi connectivity index (χ4v) is 7.68. The van der Waals surface area contributed by atoms with Crippen LogP contribution in [0.3, 0.4) is 0 Å². The van der Waals surface area contributed by atoms with Gasteiger partial charge in [0.1, 0.15) is 0 Å². The van der Waals surface area contributed by atoms with E-state index in [1.54, 1.807) is 0 Å². The summed E-state index contributed by atoms with van der Waals surface area (Å²) in [4.78, 5) is 0. The van der Waals surface area contributed by atoms with E-state index in [0.717, 1.165) is 0 Å². The predicted molar refractivity (Wildman–Crippen MR) is 98.8 cm³/mol. The molecule has 1 rings (SSSR count). The molecular formula is C15H29N2O2PS2. The Morgan fingerprint density at radius 3 is 2.27 bits per heavy atom. The van der Waals surface area contributed by atoms with E-state index in [2.05, 4.69) is 59.2 Å². The predicted octanol–water partition coefficient (Wildman–Crippen LogP) is 5.21. The van der Waals surface area contributed by atoms with Crippen molar-refractivity contribution < 1.29 is 9.05 Å². The van der Waals surface area contributed by atoms with Crippen LogP contribution >= 0.6 is 30.1 Å². The van der Waals surface area contributed by atoms with Crippen LogP contribution < -0.4 is 0 Å². The Morgan fingerprint density at radius 1 is 1.27 bits per heavy atom. The topological polar surface area (TPSA) is 45.5 Å². The van der Waals surface area contributed by atoms with Crippen LogP contribution in [0.4, 0.5) is 0 Å². The Hall–Kier alpha value is 0.500. The number of hydrogen-bond acceptors (Lipinski definition) is 6. The second-order valence-corrected chi connectivity index (χ2v) is 11.2. The van der Waals surface area contributed by atoms with Crippen LogP contribution in [-0.4, -0.2) is 39.5 Å². The molecule has 0 aliphatic carbocycles. The maximum atomic E-state index is 8.76. The minimum absolute atomic E-state index is 0.0723. The molecule has 1 saturated heterocycles. The van der Waals surface area contributed by atoms with Crippen molar-refractivity contribution in [2.75, 3.05) is 6.61 Å². The zero-order valence-corrected chi connectivity index (χ0v) is 17.2. The van der Waals surface area contributed by atoms with Crippen LogP contribution in [0.5, 0.6) is 0 Å². The van der Waals surface area contributed by atoms with Crippen molar-refractivity contribution in [1.82, 2.24) is 4.67 Å². The Kier molecular flexibility index (Phi) is 8.50. The van der Waals surface area contributed by atoms with Crippen molar-refractivity contribution in [2.45, 2.75) is 83.1 Å². The highest BCUT2D eigenvalue weighted by Crippen LogP contribution is 2.57. The summed E-state index contributed by atoms with van der Waals surface area (Å²) in [6.45, 7) is 15.8. The van der Waals surface area contributed by atoms with Gasteiger partial charge in [0, 0.05) is 22.1 Å². The molecule has 0 saturated carbocycles. The number of rotatable bonds is 8. The Balaban J connectivity index is 2.87. The van der Waals surface area contributed by atoms with Crippen molar-refractivity contribution in [3.8, 4) is 6.07 Å². The standard InChI is InChI=1S/C15H29N2O2PS2/c1-11(2)17(12(3)4)20(18-10-8-9-16)19-14-13(5)21-22-15(14,6)7/h11-14H,8,10H2,1-7H3/t13-,14-,20?/m0/s1. The first-order valence-corrected chi connectivity index (χ1v) is 11.1. The average Bonchev–Trinajstić information content (AvgIpc) is 2.64. The highest BCUT2D eigenvalue weighted by molar-refractivity contribution is 8.77. The van der Waals surface area contributed by atoms with Gasteiger partial charge in [-0.15, -0.1) is 0 Å². The lowest BCUT2D eigenvalue weighted by Crippen LogP contribution is -2.40. The summed E-state index contributed by atoms with van der Waals surface area (Å²) in [5, 5.41) is 9.20. The lowest BCUT2D eigenvalue weighted by atomic mass is 10.0. The molecule has 1 aliphatic rings. The first-order chi connectivity index (χ1) is 10.2. The molecule has 1 unspecified atom stereocenters. The zero-order chi connectivity index (χ0) is 16.9.